The Hall–Kier alpha value is -1.85. The Balaban J connectivity index is 1.33. The second kappa shape index (κ2) is 8.66. The molecule has 2 saturated heterocycles. The van der Waals surface area contributed by atoms with Crippen molar-refractivity contribution < 1.29 is 9.21 Å². The lowest BCUT2D eigenvalue weighted by Gasteiger charge is -2.35. The predicted molar refractivity (Wildman–Crippen MR) is 110 cm³/mol. The third-order valence-corrected chi connectivity index (χ3v) is 6.21. The predicted octanol–water partition coefficient (Wildman–Crippen LogP) is 4.53. The Morgan fingerprint density at radius 3 is 2.46 bits per heavy atom. The summed E-state index contributed by atoms with van der Waals surface area (Å²) in [5, 5.41) is 0.703. The topological polar surface area (TPSA) is 49.6 Å². The molecule has 1 aromatic heterocycles. The van der Waals surface area contributed by atoms with E-state index in [1.165, 1.54) is 6.42 Å². The van der Waals surface area contributed by atoms with Crippen LogP contribution in [0.1, 0.15) is 43.6 Å². The molecular formula is C22H28ClN3O2. The van der Waals surface area contributed by atoms with Gasteiger partial charge in [0.1, 0.15) is 5.76 Å². The molecule has 2 aliphatic heterocycles. The molecule has 0 bridgehead atoms. The van der Waals surface area contributed by atoms with Gasteiger partial charge in [0.2, 0.25) is 11.8 Å². The summed E-state index contributed by atoms with van der Waals surface area (Å²) < 4.78 is 5.88. The van der Waals surface area contributed by atoms with Crippen LogP contribution in [-0.4, -0.2) is 46.9 Å². The van der Waals surface area contributed by atoms with Crippen LogP contribution in [0.2, 0.25) is 5.02 Å². The van der Waals surface area contributed by atoms with Gasteiger partial charge in [-0.3, -0.25) is 9.69 Å². The lowest BCUT2D eigenvalue weighted by atomic mass is 9.94. The molecule has 2 aromatic rings. The molecular weight excluding hydrogens is 374 g/mol. The Morgan fingerprint density at radius 1 is 1.11 bits per heavy atom. The molecule has 0 saturated carbocycles. The fourth-order valence-corrected chi connectivity index (χ4v) is 4.34. The van der Waals surface area contributed by atoms with Gasteiger partial charge in [0.25, 0.3) is 0 Å². The zero-order valence-electron chi connectivity index (χ0n) is 16.5. The number of rotatable bonds is 4. The summed E-state index contributed by atoms with van der Waals surface area (Å²) in [7, 11) is 0. The first-order chi connectivity index (χ1) is 13.6. The summed E-state index contributed by atoms with van der Waals surface area (Å²) in [5.74, 6) is 2.06. The fraction of sp³-hybridized carbons (Fsp3) is 0.545. The zero-order chi connectivity index (χ0) is 19.5. The van der Waals surface area contributed by atoms with Crippen molar-refractivity contribution in [3.05, 3.63) is 40.7 Å². The SMILES string of the molecule is Cc1oc(-c2ccc(Cl)cc2)nc1CN1CCC(C(=O)N2CCCCC2)CC1. The van der Waals surface area contributed by atoms with Crippen molar-refractivity contribution >= 4 is 17.5 Å². The summed E-state index contributed by atoms with van der Waals surface area (Å²) in [6.07, 6.45) is 5.46. The quantitative estimate of drug-likeness (QED) is 0.755. The van der Waals surface area contributed by atoms with Gasteiger partial charge in [0, 0.05) is 36.1 Å². The van der Waals surface area contributed by atoms with Crippen LogP contribution in [0, 0.1) is 12.8 Å². The molecule has 0 N–H and O–H groups in total. The van der Waals surface area contributed by atoms with Crippen LogP contribution in [0.5, 0.6) is 0 Å². The number of halogens is 1. The monoisotopic (exact) mass is 401 g/mol. The maximum absolute atomic E-state index is 12.7. The number of likely N-dealkylation sites (tertiary alicyclic amines) is 2. The molecule has 0 unspecified atom stereocenters. The number of amides is 1. The second-order valence-corrected chi connectivity index (χ2v) is 8.40. The van der Waals surface area contributed by atoms with Crippen molar-refractivity contribution in [2.24, 2.45) is 5.92 Å². The van der Waals surface area contributed by atoms with E-state index < -0.39 is 0 Å². The number of hydrogen-bond acceptors (Lipinski definition) is 4. The molecule has 150 valence electrons. The van der Waals surface area contributed by atoms with Crippen LogP contribution in [0.25, 0.3) is 11.5 Å². The van der Waals surface area contributed by atoms with Gasteiger partial charge in [0.15, 0.2) is 0 Å². The molecule has 0 radical (unpaired) electrons. The third-order valence-electron chi connectivity index (χ3n) is 5.96. The molecule has 0 aliphatic carbocycles. The number of hydrogen-bond donors (Lipinski definition) is 0. The van der Waals surface area contributed by atoms with E-state index in [2.05, 4.69) is 9.80 Å². The zero-order valence-corrected chi connectivity index (χ0v) is 17.2. The molecule has 0 spiro atoms. The van der Waals surface area contributed by atoms with Crippen molar-refractivity contribution in [3.8, 4) is 11.5 Å². The maximum atomic E-state index is 12.7. The van der Waals surface area contributed by atoms with Gasteiger partial charge < -0.3 is 9.32 Å². The van der Waals surface area contributed by atoms with Crippen LogP contribution < -0.4 is 0 Å². The van der Waals surface area contributed by atoms with Crippen LogP contribution in [-0.2, 0) is 11.3 Å². The van der Waals surface area contributed by atoms with Crippen LogP contribution in [0.4, 0.5) is 0 Å². The molecule has 5 nitrogen and oxygen atoms in total. The van der Waals surface area contributed by atoms with Gasteiger partial charge in [-0.05, 0) is 76.4 Å². The average molecular weight is 402 g/mol. The smallest absolute Gasteiger partial charge is 0.226 e. The van der Waals surface area contributed by atoms with E-state index in [0.29, 0.717) is 16.8 Å². The Labute approximate surface area is 171 Å². The van der Waals surface area contributed by atoms with Crippen molar-refractivity contribution in [1.82, 2.24) is 14.8 Å². The highest BCUT2D eigenvalue weighted by Gasteiger charge is 2.29. The number of carbonyl (C=O) groups excluding carboxylic acids is 1. The van der Waals surface area contributed by atoms with Crippen LogP contribution in [0.3, 0.4) is 0 Å². The van der Waals surface area contributed by atoms with Crippen molar-refractivity contribution in [3.63, 3.8) is 0 Å². The Kier molecular flexibility index (Phi) is 6.02. The summed E-state index contributed by atoms with van der Waals surface area (Å²) in [5.41, 5.74) is 1.91. The maximum Gasteiger partial charge on any atom is 0.226 e. The first-order valence-electron chi connectivity index (χ1n) is 10.3. The minimum atomic E-state index is 0.192. The highest BCUT2D eigenvalue weighted by Crippen LogP contribution is 2.26. The van der Waals surface area contributed by atoms with E-state index >= 15 is 0 Å². The number of aryl methyl sites for hydroxylation is 1. The normalized spacial score (nSPS) is 19.1. The van der Waals surface area contributed by atoms with E-state index in [0.717, 1.165) is 75.4 Å². The van der Waals surface area contributed by atoms with E-state index in [1.807, 2.05) is 31.2 Å². The number of piperidine rings is 2. The molecule has 3 heterocycles. The average Bonchev–Trinajstić information content (AvgIpc) is 3.09. The van der Waals surface area contributed by atoms with Crippen molar-refractivity contribution in [2.45, 2.75) is 45.6 Å². The highest BCUT2D eigenvalue weighted by molar-refractivity contribution is 6.30. The minimum absolute atomic E-state index is 0.192. The molecule has 4 rings (SSSR count). The lowest BCUT2D eigenvalue weighted by molar-refractivity contribution is -0.138. The molecule has 1 amide bonds. The summed E-state index contributed by atoms with van der Waals surface area (Å²) in [4.78, 5) is 21.9. The van der Waals surface area contributed by atoms with E-state index in [-0.39, 0.29) is 5.92 Å². The van der Waals surface area contributed by atoms with Gasteiger partial charge in [-0.1, -0.05) is 11.6 Å². The lowest BCUT2D eigenvalue weighted by Crippen LogP contribution is -2.44. The van der Waals surface area contributed by atoms with Crippen LogP contribution >= 0.6 is 11.6 Å². The van der Waals surface area contributed by atoms with Gasteiger partial charge in [-0.25, -0.2) is 4.98 Å². The molecule has 0 atom stereocenters. The first-order valence-corrected chi connectivity index (χ1v) is 10.7. The number of carbonyl (C=O) groups is 1. The molecule has 2 fully saturated rings. The fourth-order valence-electron chi connectivity index (χ4n) is 4.21. The summed E-state index contributed by atoms with van der Waals surface area (Å²) in [6.45, 7) is 6.51. The van der Waals surface area contributed by atoms with Crippen molar-refractivity contribution in [1.29, 1.82) is 0 Å². The van der Waals surface area contributed by atoms with Gasteiger partial charge in [-0.2, -0.15) is 0 Å². The summed E-state index contributed by atoms with van der Waals surface area (Å²) in [6, 6.07) is 7.55. The van der Waals surface area contributed by atoms with Crippen LogP contribution in [0.15, 0.2) is 28.7 Å². The van der Waals surface area contributed by atoms with E-state index in [4.69, 9.17) is 21.0 Å². The summed E-state index contributed by atoms with van der Waals surface area (Å²) >= 11 is 5.96. The number of aromatic nitrogens is 1. The van der Waals surface area contributed by atoms with E-state index in [9.17, 15) is 4.79 Å². The third kappa shape index (κ3) is 4.41. The van der Waals surface area contributed by atoms with Gasteiger partial charge in [-0.15, -0.1) is 0 Å². The van der Waals surface area contributed by atoms with E-state index in [1.54, 1.807) is 0 Å². The number of benzene rings is 1. The Bertz CT molecular complexity index is 804. The largest absolute Gasteiger partial charge is 0.441 e. The number of nitrogens with zero attached hydrogens (tertiary/aromatic N) is 3. The van der Waals surface area contributed by atoms with Crippen molar-refractivity contribution in [2.75, 3.05) is 26.2 Å². The molecule has 1 aromatic carbocycles. The van der Waals surface area contributed by atoms with Gasteiger partial charge >= 0.3 is 0 Å². The molecule has 2 aliphatic rings. The Morgan fingerprint density at radius 2 is 1.79 bits per heavy atom. The molecule has 6 heteroatoms. The number of oxazole rings is 1. The highest BCUT2D eigenvalue weighted by atomic mass is 35.5. The second-order valence-electron chi connectivity index (χ2n) is 7.97. The first kappa shape index (κ1) is 19.5. The molecule has 28 heavy (non-hydrogen) atoms. The minimum Gasteiger partial charge on any atom is -0.441 e. The standard InChI is InChI=1S/C22H28ClN3O2/c1-16-20(24-21(28-16)17-5-7-19(23)8-6-17)15-25-13-9-18(10-14-25)22(27)26-11-3-2-4-12-26/h5-8,18H,2-4,9-15H2,1H3. The van der Waals surface area contributed by atoms with Gasteiger partial charge in [0.05, 0.1) is 5.69 Å².